The van der Waals surface area contributed by atoms with Crippen LogP contribution in [0, 0.1) is 5.41 Å². The van der Waals surface area contributed by atoms with E-state index in [2.05, 4.69) is 23.3 Å². The molecule has 0 amide bonds. The van der Waals surface area contributed by atoms with Crippen molar-refractivity contribution in [3.63, 3.8) is 0 Å². The number of nitrogens with one attached hydrogen (secondary N) is 1. The first-order valence-electron chi connectivity index (χ1n) is 7.97. The van der Waals surface area contributed by atoms with Crippen molar-refractivity contribution >= 4 is 22.5 Å². The fourth-order valence-corrected chi connectivity index (χ4v) is 3.80. The maximum atomic E-state index is 6.25. The van der Waals surface area contributed by atoms with Gasteiger partial charge in [-0.1, -0.05) is 37.4 Å². The average Bonchev–Trinajstić information content (AvgIpc) is 2.99. The molecule has 1 aromatic carbocycles. The predicted molar refractivity (Wildman–Crippen MR) is 89.7 cm³/mol. The fraction of sp³-hybridized carbons (Fsp3) is 0.500. The number of pyridine rings is 1. The van der Waals surface area contributed by atoms with Crippen LogP contribution in [0.1, 0.15) is 44.6 Å². The highest BCUT2D eigenvalue weighted by molar-refractivity contribution is 6.35. The number of fused-ring (bicyclic) bond motifs is 1. The van der Waals surface area contributed by atoms with Crippen molar-refractivity contribution in [1.82, 2.24) is 10.3 Å². The van der Waals surface area contributed by atoms with E-state index in [0.29, 0.717) is 5.41 Å². The molecule has 0 aliphatic heterocycles. The zero-order valence-electron chi connectivity index (χ0n) is 12.7. The first-order chi connectivity index (χ1) is 10.2. The largest absolute Gasteiger partial charge is 0.312 e. The number of hydrogen-bond donors (Lipinski definition) is 1. The van der Waals surface area contributed by atoms with Gasteiger partial charge in [-0.25, -0.2) is 0 Å². The van der Waals surface area contributed by atoms with Gasteiger partial charge in [-0.05, 0) is 48.4 Å². The van der Waals surface area contributed by atoms with E-state index in [1.807, 2.05) is 24.4 Å². The van der Waals surface area contributed by atoms with E-state index in [1.54, 1.807) is 0 Å². The molecular weight excluding hydrogens is 280 g/mol. The van der Waals surface area contributed by atoms with Crippen molar-refractivity contribution < 1.29 is 0 Å². The minimum Gasteiger partial charge on any atom is -0.312 e. The van der Waals surface area contributed by atoms with Crippen molar-refractivity contribution in [2.45, 2.75) is 45.6 Å². The van der Waals surface area contributed by atoms with E-state index in [-0.39, 0.29) is 0 Å². The van der Waals surface area contributed by atoms with Gasteiger partial charge < -0.3 is 5.32 Å². The zero-order valence-corrected chi connectivity index (χ0v) is 13.4. The van der Waals surface area contributed by atoms with Gasteiger partial charge in [-0.3, -0.25) is 4.98 Å². The van der Waals surface area contributed by atoms with Gasteiger partial charge in [0.1, 0.15) is 0 Å². The summed E-state index contributed by atoms with van der Waals surface area (Å²) in [6.45, 7) is 4.30. The second kappa shape index (κ2) is 6.33. The molecule has 2 nitrogen and oxygen atoms in total. The molecule has 1 aromatic heterocycles. The van der Waals surface area contributed by atoms with Crippen LogP contribution >= 0.6 is 11.6 Å². The van der Waals surface area contributed by atoms with Gasteiger partial charge in [-0.2, -0.15) is 0 Å². The Hall–Kier alpha value is -1.12. The highest BCUT2D eigenvalue weighted by Gasteiger charge is 2.31. The van der Waals surface area contributed by atoms with Crippen molar-refractivity contribution in [2.24, 2.45) is 5.41 Å². The number of nitrogens with zero attached hydrogens (tertiary/aromatic N) is 1. The van der Waals surface area contributed by atoms with Gasteiger partial charge in [-0.15, -0.1) is 0 Å². The molecule has 1 N–H and O–H groups in total. The predicted octanol–water partition coefficient (Wildman–Crippen LogP) is 4.95. The van der Waals surface area contributed by atoms with E-state index < -0.39 is 0 Å². The third-order valence-corrected chi connectivity index (χ3v) is 5.36. The second-order valence-electron chi connectivity index (χ2n) is 6.27. The lowest BCUT2D eigenvalue weighted by atomic mass is 9.83. The Bertz CT molecular complexity index is 618. The van der Waals surface area contributed by atoms with Gasteiger partial charge in [0.05, 0.1) is 5.52 Å². The van der Waals surface area contributed by atoms with Crippen LogP contribution in [0.25, 0.3) is 10.9 Å². The Balaban J connectivity index is 1.72. The van der Waals surface area contributed by atoms with E-state index in [4.69, 9.17) is 11.6 Å². The normalized spacial score (nSPS) is 17.4. The Morgan fingerprint density at radius 2 is 2.05 bits per heavy atom. The summed E-state index contributed by atoms with van der Waals surface area (Å²) < 4.78 is 0. The second-order valence-corrected chi connectivity index (χ2v) is 6.68. The summed E-state index contributed by atoms with van der Waals surface area (Å²) >= 11 is 6.25. The molecule has 3 rings (SSSR count). The summed E-state index contributed by atoms with van der Waals surface area (Å²) in [5, 5.41) is 5.49. The van der Waals surface area contributed by atoms with Crippen molar-refractivity contribution in [1.29, 1.82) is 0 Å². The zero-order chi connectivity index (χ0) is 14.7. The van der Waals surface area contributed by atoms with Crippen LogP contribution in [0.4, 0.5) is 0 Å². The van der Waals surface area contributed by atoms with E-state index >= 15 is 0 Å². The van der Waals surface area contributed by atoms with Crippen LogP contribution in [-0.2, 0) is 6.54 Å². The summed E-state index contributed by atoms with van der Waals surface area (Å²) in [5.41, 5.74) is 2.78. The maximum Gasteiger partial charge on any atom is 0.0761 e. The molecule has 0 bridgehead atoms. The first kappa shape index (κ1) is 14.8. The van der Waals surface area contributed by atoms with Crippen LogP contribution in [0.5, 0.6) is 0 Å². The SMILES string of the molecule is CCC1(CNCc2ccc(Cl)c3cccnc23)CCCC1. The Morgan fingerprint density at radius 3 is 2.81 bits per heavy atom. The molecule has 0 radical (unpaired) electrons. The van der Waals surface area contributed by atoms with Gasteiger partial charge in [0.25, 0.3) is 0 Å². The van der Waals surface area contributed by atoms with Gasteiger partial charge in [0.2, 0.25) is 0 Å². The van der Waals surface area contributed by atoms with Gasteiger partial charge in [0.15, 0.2) is 0 Å². The van der Waals surface area contributed by atoms with E-state index in [9.17, 15) is 0 Å². The molecule has 2 aromatic rings. The lowest BCUT2D eigenvalue weighted by Crippen LogP contribution is -2.31. The molecule has 0 unspecified atom stereocenters. The molecule has 1 aliphatic rings. The summed E-state index contributed by atoms with van der Waals surface area (Å²) in [4.78, 5) is 4.51. The molecule has 1 fully saturated rings. The first-order valence-corrected chi connectivity index (χ1v) is 8.35. The summed E-state index contributed by atoms with van der Waals surface area (Å²) in [7, 11) is 0. The monoisotopic (exact) mass is 302 g/mol. The number of aromatic nitrogens is 1. The minimum absolute atomic E-state index is 0.523. The lowest BCUT2D eigenvalue weighted by Gasteiger charge is -2.28. The molecule has 112 valence electrons. The van der Waals surface area contributed by atoms with Crippen LogP contribution in [-0.4, -0.2) is 11.5 Å². The van der Waals surface area contributed by atoms with Crippen molar-refractivity contribution in [3.05, 3.63) is 41.0 Å². The lowest BCUT2D eigenvalue weighted by molar-refractivity contribution is 0.268. The smallest absolute Gasteiger partial charge is 0.0761 e. The molecule has 3 heteroatoms. The fourth-order valence-electron chi connectivity index (χ4n) is 3.58. The van der Waals surface area contributed by atoms with Gasteiger partial charge in [0, 0.05) is 29.7 Å². The molecule has 21 heavy (non-hydrogen) atoms. The molecule has 0 spiro atoms. The number of hydrogen-bond acceptors (Lipinski definition) is 2. The topological polar surface area (TPSA) is 24.9 Å². The third-order valence-electron chi connectivity index (χ3n) is 5.03. The van der Waals surface area contributed by atoms with Crippen LogP contribution in [0.3, 0.4) is 0 Å². The summed E-state index contributed by atoms with van der Waals surface area (Å²) in [6.07, 6.45) is 8.64. The Morgan fingerprint density at radius 1 is 1.24 bits per heavy atom. The molecule has 1 aliphatic carbocycles. The van der Waals surface area contributed by atoms with Crippen molar-refractivity contribution in [3.8, 4) is 0 Å². The number of rotatable bonds is 5. The summed E-state index contributed by atoms with van der Waals surface area (Å²) in [5.74, 6) is 0. The highest BCUT2D eigenvalue weighted by Crippen LogP contribution is 2.40. The van der Waals surface area contributed by atoms with Crippen LogP contribution < -0.4 is 5.32 Å². The highest BCUT2D eigenvalue weighted by atomic mass is 35.5. The van der Waals surface area contributed by atoms with Crippen LogP contribution in [0.2, 0.25) is 5.02 Å². The third kappa shape index (κ3) is 3.07. The van der Waals surface area contributed by atoms with E-state index in [0.717, 1.165) is 29.0 Å². The quantitative estimate of drug-likeness (QED) is 0.845. The molecule has 0 atom stereocenters. The standard InChI is InChI=1S/C18H23ClN2/c1-2-18(9-3-4-10-18)13-20-12-14-7-8-16(19)15-6-5-11-21-17(14)15/h5-8,11,20H,2-4,9-10,12-13H2,1H3. The maximum absolute atomic E-state index is 6.25. The van der Waals surface area contributed by atoms with Crippen LogP contribution in [0.15, 0.2) is 30.5 Å². The molecule has 1 saturated carbocycles. The number of benzene rings is 1. The Kier molecular flexibility index (Phi) is 4.46. The average molecular weight is 303 g/mol. The number of halogens is 1. The molecule has 0 saturated heterocycles. The van der Waals surface area contributed by atoms with E-state index in [1.165, 1.54) is 37.7 Å². The van der Waals surface area contributed by atoms with Gasteiger partial charge >= 0.3 is 0 Å². The minimum atomic E-state index is 0.523. The summed E-state index contributed by atoms with van der Waals surface area (Å²) in [6, 6.07) is 8.06. The molecular formula is C18H23ClN2. The molecule has 1 heterocycles. The Labute approximate surface area is 131 Å². The van der Waals surface area contributed by atoms with Crippen molar-refractivity contribution in [2.75, 3.05) is 6.54 Å².